The van der Waals surface area contributed by atoms with Crippen LogP contribution >= 0.6 is 0 Å². The highest BCUT2D eigenvalue weighted by Gasteiger charge is 2.42. The van der Waals surface area contributed by atoms with Gasteiger partial charge in [0.25, 0.3) is 0 Å². The largest absolute Gasteiger partial charge is 0.478 e. The first-order valence-corrected chi connectivity index (χ1v) is 8.33. The van der Waals surface area contributed by atoms with E-state index in [1.165, 1.54) is 18.2 Å². The number of carboxylic acid groups (broad SMARTS) is 1. The van der Waals surface area contributed by atoms with E-state index in [1.807, 2.05) is 12.2 Å². The SMILES string of the molecule is O=C(O)c1ccc2c(c1)[C@@H]1C=CC[C@H]1[C@@H](c1ccccc1C(F)(F)F)N2. The van der Waals surface area contributed by atoms with Gasteiger partial charge in [-0.25, -0.2) is 4.79 Å². The minimum absolute atomic E-state index is 0.0879. The van der Waals surface area contributed by atoms with Gasteiger partial charge in [-0.1, -0.05) is 30.4 Å². The van der Waals surface area contributed by atoms with Crippen molar-refractivity contribution >= 4 is 11.7 Å². The molecule has 0 unspecified atom stereocenters. The highest BCUT2D eigenvalue weighted by molar-refractivity contribution is 5.89. The molecule has 0 saturated heterocycles. The van der Waals surface area contributed by atoms with Gasteiger partial charge in [-0.3, -0.25) is 0 Å². The van der Waals surface area contributed by atoms with Gasteiger partial charge in [-0.05, 0) is 47.7 Å². The Balaban J connectivity index is 1.81. The van der Waals surface area contributed by atoms with E-state index >= 15 is 0 Å². The standard InChI is InChI=1S/C20H16F3NO2/c21-20(22,23)16-7-2-1-4-14(16)18-13-6-3-5-12(13)15-10-11(19(25)26)8-9-17(15)24-18/h1-5,7-10,12-13,18,24H,6H2,(H,25,26)/t12-,13-,18+/m1/s1. The van der Waals surface area contributed by atoms with E-state index in [2.05, 4.69) is 5.32 Å². The summed E-state index contributed by atoms with van der Waals surface area (Å²) in [5.41, 5.74) is 1.29. The second-order valence-corrected chi connectivity index (χ2v) is 6.67. The molecule has 0 saturated carbocycles. The molecular weight excluding hydrogens is 343 g/mol. The third kappa shape index (κ3) is 2.66. The molecule has 2 aliphatic rings. The molecule has 0 bridgehead atoms. The fraction of sp³-hybridized carbons (Fsp3) is 0.250. The van der Waals surface area contributed by atoms with Gasteiger partial charge < -0.3 is 10.4 Å². The topological polar surface area (TPSA) is 49.3 Å². The third-order valence-electron chi connectivity index (χ3n) is 5.21. The first-order valence-electron chi connectivity index (χ1n) is 8.33. The molecule has 3 nitrogen and oxygen atoms in total. The van der Waals surface area contributed by atoms with Crippen LogP contribution in [0.1, 0.15) is 45.4 Å². The van der Waals surface area contributed by atoms with Crippen molar-refractivity contribution in [2.45, 2.75) is 24.6 Å². The molecule has 2 aromatic rings. The van der Waals surface area contributed by atoms with E-state index in [0.29, 0.717) is 12.1 Å². The predicted molar refractivity (Wildman–Crippen MR) is 91.2 cm³/mol. The lowest BCUT2D eigenvalue weighted by Crippen LogP contribution is -2.31. The summed E-state index contributed by atoms with van der Waals surface area (Å²) in [6.45, 7) is 0. The molecule has 26 heavy (non-hydrogen) atoms. The quantitative estimate of drug-likeness (QED) is 0.722. The summed E-state index contributed by atoms with van der Waals surface area (Å²) in [5.74, 6) is -1.21. The predicted octanol–water partition coefficient (Wildman–Crippen LogP) is 5.23. The van der Waals surface area contributed by atoms with E-state index < -0.39 is 23.8 Å². The Hall–Kier alpha value is -2.76. The minimum Gasteiger partial charge on any atom is -0.478 e. The smallest absolute Gasteiger partial charge is 0.416 e. The van der Waals surface area contributed by atoms with Crippen molar-refractivity contribution < 1.29 is 23.1 Å². The van der Waals surface area contributed by atoms with Crippen LogP contribution in [0.3, 0.4) is 0 Å². The van der Waals surface area contributed by atoms with Gasteiger partial charge >= 0.3 is 12.1 Å². The Morgan fingerprint density at radius 1 is 1.12 bits per heavy atom. The molecule has 1 heterocycles. The molecule has 0 aromatic heterocycles. The summed E-state index contributed by atoms with van der Waals surface area (Å²) >= 11 is 0. The van der Waals surface area contributed by atoms with Crippen molar-refractivity contribution in [3.05, 3.63) is 76.9 Å². The number of aromatic carboxylic acids is 1. The lowest BCUT2D eigenvalue weighted by molar-refractivity contribution is -0.138. The third-order valence-corrected chi connectivity index (χ3v) is 5.21. The number of rotatable bonds is 2. The summed E-state index contributed by atoms with van der Waals surface area (Å²) in [6.07, 6.45) is 0.153. The van der Waals surface area contributed by atoms with E-state index in [4.69, 9.17) is 0 Å². The second-order valence-electron chi connectivity index (χ2n) is 6.67. The van der Waals surface area contributed by atoms with Crippen LogP contribution in [0.15, 0.2) is 54.6 Å². The molecule has 0 spiro atoms. The fourth-order valence-corrected chi connectivity index (χ4v) is 4.06. The molecule has 2 N–H and O–H groups in total. The van der Waals surface area contributed by atoms with Gasteiger partial charge in [-0.15, -0.1) is 0 Å². The van der Waals surface area contributed by atoms with Crippen LogP contribution in [0.5, 0.6) is 0 Å². The summed E-state index contributed by atoms with van der Waals surface area (Å²) in [4.78, 5) is 11.3. The van der Waals surface area contributed by atoms with Crippen LogP contribution in [-0.4, -0.2) is 11.1 Å². The van der Waals surface area contributed by atoms with E-state index in [-0.39, 0.29) is 23.0 Å². The Bertz CT molecular complexity index is 904. The maximum Gasteiger partial charge on any atom is 0.416 e. The van der Waals surface area contributed by atoms with Crippen LogP contribution in [0.2, 0.25) is 0 Å². The number of fused-ring (bicyclic) bond motifs is 3. The van der Waals surface area contributed by atoms with Crippen molar-refractivity contribution in [1.29, 1.82) is 0 Å². The number of alkyl halides is 3. The zero-order chi connectivity index (χ0) is 18.5. The maximum absolute atomic E-state index is 13.5. The van der Waals surface area contributed by atoms with Gasteiger partial charge in [0.15, 0.2) is 0 Å². The Kier molecular flexibility index (Phi) is 3.79. The number of allylic oxidation sites excluding steroid dienone is 2. The van der Waals surface area contributed by atoms with Gasteiger partial charge in [0.1, 0.15) is 0 Å². The van der Waals surface area contributed by atoms with Crippen molar-refractivity contribution in [3.63, 3.8) is 0 Å². The van der Waals surface area contributed by atoms with Crippen LogP contribution in [-0.2, 0) is 6.18 Å². The van der Waals surface area contributed by atoms with Crippen LogP contribution in [0.4, 0.5) is 18.9 Å². The van der Waals surface area contributed by atoms with E-state index in [0.717, 1.165) is 11.6 Å². The van der Waals surface area contributed by atoms with E-state index in [9.17, 15) is 23.1 Å². The zero-order valence-corrected chi connectivity index (χ0v) is 13.6. The summed E-state index contributed by atoms with van der Waals surface area (Å²) in [7, 11) is 0. The van der Waals surface area contributed by atoms with Crippen molar-refractivity contribution in [2.24, 2.45) is 5.92 Å². The highest BCUT2D eigenvalue weighted by Crippen LogP contribution is 2.51. The second kappa shape index (κ2) is 5.90. The molecule has 4 rings (SSSR count). The van der Waals surface area contributed by atoms with Crippen molar-refractivity contribution in [1.82, 2.24) is 0 Å². The number of nitrogens with one attached hydrogen (secondary N) is 1. The molecule has 3 atom stereocenters. The molecule has 0 radical (unpaired) electrons. The highest BCUT2D eigenvalue weighted by atomic mass is 19.4. The Labute approximate surface area is 148 Å². The van der Waals surface area contributed by atoms with Crippen LogP contribution in [0, 0.1) is 5.92 Å². The van der Waals surface area contributed by atoms with Gasteiger partial charge in [0.2, 0.25) is 0 Å². The van der Waals surface area contributed by atoms with E-state index in [1.54, 1.807) is 18.2 Å². The number of halogens is 3. The number of hydrogen-bond donors (Lipinski definition) is 2. The molecule has 0 fully saturated rings. The monoisotopic (exact) mass is 359 g/mol. The van der Waals surface area contributed by atoms with Crippen LogP contribution in [0.25, 0.3) is 0 Å². The Morgan fingerprint density at radius 3 is 2.62 bits per heavy atom. The number of carboxylic acids is 1. The number of anilines is 1. The number of hydrogen-bond acceptors (Lipinski definition) is 2. The maximum atomic E-state index is 13.5. The summed E-state index contributed by atoms with van der Waals surface area (Å²) < 4.78 is 40.4. The zero-order valence-electron chi connectivity index (χ0n) is 13.6. The fourth-order valence-electron chi connectivity index (χ4n) is 4.06. The Morgan fingerprint density at radius 2 is 1.88 bits per heavy atom. The molecule has 1 aliphatic heterocycles. The summed E-state index contributed by atoms with van der Waals surface area (Å²) in [5, 5.41) is 12.4. The minimum atomic E-state index is -4.42. The number of benzene rings is 2. The van der Waals surface area contributed by atoms with Crippen molar-refractivity contribution in [3.8, 4) is 0 Å². The van der Waals surface area contributed by atoms with Crippen molar-refractivity contribution in [2.75, 3.05) is 5.32 Å². The molecule has 1 aliphatic carbocycles. The van der Waals surface area contributed by atoms with Gasteiger partial charge in [0, 0.05) is 11.6 Å². The normalized spacial score (nSPS) is 23.9. The molecule has 0 amide bonds. The molecule has 2 aromatic carbocycles. The lowest BCUT2D eigenvalue weighted by atomic mass is 9.75. The van der Waals surface area contributed by atoms with Gasteiger partial charge in [0.05, 0.1) is 17.2 Å². The first kappa shape index (κ1) is 16.7. The molecular formula is C20H16F3NO2. The molecule has 134 valence electrons. The van der Waals surface area contributed by atoms with Gasteiger partial charge in [-0.2, -0.15) is 13.2 Å². The first-order chi connectivity index (χ1) is 12.4. The molecule has 6 heteroatoms. The number of carbonyl (C=O) groups is 1. The summed E-state index contributed by atoms with van der Waals surface area (Å²) in [6, 6.07) is 9.88. The van der Waals surface area contributed by atoms with Crippen LogP contribution < -0.4 is 5.32 Å². The average molecular weight is 359 g/mol. The lowest BCUT2D eigenvalue weighted by Gasteiger charge is -2.38. The average Bonchev–Trinajstić information content (AvgIpc) is 3.10.